The number of H-pyrrole nitrogens is 1. The topological polar surface area (TPSA) is 66.3 Å². The first-order chi connectivity index (χ1) is 11.5. The average molecular weight is 326 g/mol. The maximum atomic E-state index is 12.8. The van der Waals surface area contributed by atoms with E-state index >= 15 is 0 Å². The molecule has 0 aromatic carbocycles. The number of hydrogen-bond acceptors (Lipinski definition) is 3. The van der Waals surface area contributed by atoms with Crippen LogP contribution in [0.3, 0.4) is 0 Å². The molecular weight excluding hydrogens is 304 g/mol. The summed E-state index contributed by atoms with van der Waals surface area (Å²) < 4.78 is 5.94. The number of aromatic nitrogens is 1. The van der Waals surface area contributed by atoms with Crippen molar-refractivity contribution < 1.29 is 9.21 Å². The molecule has 0 aliphatic heterocycles. The summed E-state index contributed by atoms with van der Waals surface area (Å²) in [5.41, 5.74) is 0.636. The smallest absolute Gasteiger partial charge is 0.260 e. The first kappa shape index (κ1) is 15.2. The maximum absolute atomic E-state index is 12.8. The van der Waals surface area contributed by atoms with Crippen LogP contribution in [0, 0.1) is 12.8 Å². The SMILES string of the molecule is Cc1ccc(C(=O)N(Cc2ccc(C3CC3C)o2)C2CC2)c(=O)[nH]1. The highest BCUT2D eigenvalue weighted by atomic mass is 16.3. The van der Waals surface area contributed by atoms with Gasteiger partial charge in [0.15, 0.2) is 0 Å². The molecule has 2 aromatic rings. The molecule has 0 bridgehead atoms. The Kier molecular flexibility index (Phi) is 3.59. The molecule has 0 radical (unpaired) electrons. The normalized spacial score (nSPS) is 22.4. The predicted molar refractivity (Wildman–Crippen MR) is 89.9 cm³/mol. The summed E-state index contributed by atoms with van der Waals surface area (Å²) in [6.07, 6.45) is 3.16. The molecule has 4 rings (SSSR count). The van der Waals surface area contributed by atoms with E-state index in [-0.39, 0.29) is 23.1 Å². The molecule has 0 spiro atoms. The van der Waals surface area contributed by atoms with Crippen molar-refractivity contribution >= 4 is 5.91 Å². The summed E-state index contributed by atoms with van der Waals surface area (Å²) in [6, 6.07) is 7.58. The third kappa shape index (κ3) is 2.90. The van der Waals surface area contributed by atoms with Gasteiger partial charge in [-0.3, -0.25) is 9.59 Å². The number of pyridine rings is 1. The molecule has 5 heteroatoms. The van der Waals surface area contributed by atoms with Crippen LogP contribution in [0.1, 0.15) is 59.7 Å². The maximum Gasteiger partial charge on any atom is 0.260 e. The van der Waals surface area contributed by atoms with Crippen LogP contribution in [0.2, 0.25) is 0 Å². The van der Waals surface area contributed by atoms with E-state index in [1.165, 1.54) is 6.42 Å². The second kappa shape index (κ2) is 5.65. The van der Waals surface area contributed by atoms with E-state index < -0.39 is 0 Å². The zero-order chi connectivity index (χ0) is 16.8. The van der Waals surface area contributed by atoms with E-state index in [1.54, 1.807) is 24.0 Å². The number of rotatable bonds is 5. The van der Waals surface area contributed by atoms with Crippen LogP contribution in [0.5, 0.6) is 0 Å². The van der Waals surface area contributed by atoms with E-state index in [0.717, 1.165) is 30.1 Å². The molecule has 1 N–H and O–H groups in total. The Bertz CT molecular complexity index is 831. The first-order valence-corrected chi connectivity index (χ1v) is 8.62. The number of nitrogens with zero attached hydrogens (tertiary/aromatic N) is 1. The predicted octanol–water partition coefficient (Wildman–Crippen LogP) is 3.20. The highest BCUT2D eigenvalue weighted by Crippen LogP contribution is 2.47. The third-order valence-corrected chi connectivity index (χ3v) is 5.02. The van der Waals surface area contributed by atoms with Crippen LogP contribution in [-0.4, -0.2) is 21.8 Å². The summed E-state index contributed by atoms with van der Waals surface area (Å²) >= 11 is 0. The summed E-state index contributed by atoms with van der Waals surface area (Å²) in [7, 11) is 0. The van der Waals surface area contributed by atoms with E-state index in [2.05, 4.69) is 11.9 Å². The molecular formula is C19H22N2O3. The Balaban J connectivity index is 1.55. The first-order valence-electron chi connectivity index (χ1n) is 8.62. The number of aryl methyl sites for hydroxylation is 1. The fraction of sp³-hybridized carbons (Fsp3) is 0.474. The van der Waals surface area contributed by atoms with E-state index in [1.807, 2.05) is 12.1 Å². The summed E-state index contributed by atoms with van der Waals surface area (Å²) in [5, 5.41) is 0. The molecule has 2 saturated carbocycles. The van der Waals surface area contributed by atoms with Crippen LogP contribution < -0.4 is 5.56 Å². The van der Waals surface area contributed by atoms with E-state index in [0.29, 0.717) is 18.4 Å². The minimum Gasteiger partial charge on any atom is -0.464 e. The Labute approximate surface area is 140 Å². The Morgan fingerprint density at radius 1 is 1.29 bits per heavy atom. The van der Waals surface area contributed by atoms with Gasteiger partial charge in [0.1, 0.15) is 17.1 Å². The Hall–Kier alpha value is -2.30. The summed E-state index contributed by atoms with van der Waals surface area (Å²) in [6.45, 7) is 4.45. The van der Waals surface area contributed by atoms with Gasteiger partial charge in [-0.2, -0.15) is 0 Å². The van der Waals surface area contributed by atoms with Crippen LogP contribution >= 0.6 is 0 Å². The quantitative estimate of drug-likeness (QED) is 0.917. The second-order valence-electron chi connectivity index (χ2n) is 7.17. The highest BCUT2D eigenvalue weighted by Gasteiger charge is 2.38. The van der Waals surface area contributed by atoms with Crippen LogP contribution in [0.4, 0.5) is 0 Å². The van der Waals surface area contributed by atoms with Crippen molar-refractivity contribution in [1.82, 2.24) is 9.88 Å². The summed E-state index contributed by atoms with van der Waals surface area (Å²) in [5.74, 6) is 2.83. The minimum absolute atomic E-state index is 0.204. The molecule has 2 atom stereocenters. The van der Waals surface area contributed by atoms with Gasteiger partial charge in [0.2, 0.25) is 0 Å². The standard InChI is InChI=1S/C19H22N2O3/c1-11-9-16(11)17-8-6-14(24-17)10-21(13-4-5-13)19(23)15-7-3-12(2)20-18(15)22/h3,6-8,11,13,16H,4-5,9-10H2,1-2H3,(H,20,22). The molecule has 24 heavy (non-hydrogen) atoms. The number of furan rings is 1. The van der Waals surface area contributed by atoms with Crippen molar-refractivity contribution in [2.24, 2.45) is 5.92 Å². The molecule has 2 aromatic heterocycles. The van der Waals surface area contributed by atoms with E-state index in [4.69, 9.17) is 4.42 Å². The molecule has 5 nitrogen and oxygen atoms in total. The lowest BCUT2D eigenvalue weighted by molar-refractivity contribution is 0.0715. The molecule has 2 aliphatic rings. The van der Waals surface area contributed by atoms with E-state index in [9.17, 15) is 9.59 Å². The zero-order valence-electron chi connectivity index (χ0n) is 14.0. The second-order valence-corrected chi connectivity index (χ2v) is 7.17. The molecule has 2 heterocycles. The highest BCUT2D eigenvalue weighted by molar-refractivity contribution is 5.94. The number of aromatic amines is 1. The largest absolute Gasteiger partial charge is 0.464 e. The lowest BCUT2D eigenvalue weighted by Crippen LogP contribution is -2.36. The molecule has 2 aliphatic carbocycles. The molecule has 0 saturated heterocycles. The number of carbonyl (C=O) groups is 1. The van der Waals surface area contributed by atoms with Gasteiger partial charge >= 0.3 is 0 Å². The van der Waals surface area contributed by atoms with Gasteiger partial charge in [0, 0.05) is 17.7 Å². The Morgan fingerprint density at radius 2 is 2.04 bits per heavy atom. The number of amides is 1. The van der Waals surface area contributed by atoms with Gasteiger partial charge in [-0.1, -0.05) is 6.92 Å². The Morgan fingerprint density at radius 3 is 2.67 bits per heavy atom. The zero-order valence-corrected chi connectivity index (χ0v) is 14.0. The molecule has 1 amide bonds. The minimum atomic E-state index is -0.322. The van der Waals surface area contributed by atoms with Gasteiger partial charge in [-0.25, -0.2) is 0 Å². The monoisotopic (exact) mass is 326 g/mol. The van der Waals surface area contributed by atoms with Gasteiger partial charge in [-0.15, -0.1) is 0 Å². The fourth-order valence-electron chi connectivity index (χ4n) is 3.21. The van der Waals surface area contributed by atoms with Gasteiger partial charge < -0.3 is 14.3 Å². The molecule has 2 fully saturated rings. The lowest BCUT2D eigenvalue weighted by Gasteiger charge is -2.21. The fourth-order valence-corrected chi connectivity index (χ4v) is 3.21. The third-order valence-electron chi connectivity index (χ3n) is 5.02. The van der Waals surface area contributed by atoms with Gasteiger partial charge in [0.05, 0.1) is 6.54 Å². The number of nitrogens with one attached hydrogen (secondary N) is 1. The lowest BCUT2D eigenvalue weighted by atomic mass is 10.2. The van der Waals surface area contributed by atoms with Gasteiger partial charge in [-0.05, 0) is 56.4 Å². The van der Waals surface area contributed by atoms with Gasteiger partial charge in [0.25, 0.3) is 11.5 Å². The molecule has 126 valence electrons. The summed E-state index contributed by atoms with van der Waals surface area (Å²) in [4.78, 5) is 29.4. The molecule has 2 unspecified atom stereocenters. The van der Waals surface area contributed by atoms with Crippen LogP contribution in [0.15, 0.2) is 33.5 Å². The number of hydrogen-bond donors (Lipinski definition) is 1. The van der Waals surface area contributed by atoms with Crippen molar-refractivity contribution in [3.63, 3.8) is 0 Å². The van der Waals surface area contributed by atoms with Crippen molar-refractivity contribution in [2.75, 3.05) is 0 Å². The van der Waals surface area contributed by atoms with Crippen molar-refractivity contribution in [2.45, 2.75) is 51.6 Å². The average Bonchev–Trinajstić information content (AvgIpc) is 3.45. The van der Waals surface area contributed by atoms with Crippen LogP contribution in [0.25, 0.3) is 0 Å². The van der Waals surface area contributed by atoms with Crippen molar-refractivity contribution in [1.29, 1.82) is 0 Å². The van der Waals surface area contributed by atoms with Crippen LogP contribution in [-0.2, 0) is 6.54 Å². The van der Waals surface area contributed by atoms with Crippen molar-refractivity contribution in [3.8, 4) is 0 Å². The van der Waals surface area contributed by atoms with Crippen molar-refractivity contribution in [3.05, 3.63) is 57.4 Å². The number of carbonyl (C=O) groups excluding carboxylic acids is 1.